The molecule has 1 aromatic carbocycles. The zero-order valence-electron chi connectivity index (χ0n) is 12.0. The Morgan fingerprint density at radius 3 is 2.81 bits per heavy atom. The second-order valence-electron chi connectivity index (χ2n) is 5.01. The minimum atomic E-state index is -0.854. The lowest BCUT2D eigenvalue weighted by Crippen LogP contribution is -2.42. The van der Waals surface area contributed by atoms with Crippen molar-refractivity contribution in [2.24, 2.45) is 5.92 Å². The van der Waals surface area contributed by atoms with Crippen LogP contribution < -0.4 is 15.4 Å². The quantitative estimate of drug-likeness (QED) is 0.778. The number of carboxylic acids is 1. The summed E-state index contributed by atoms with van der Waals surface area (Å²) in [6.45, 7) is 2.37. The molecule has 21 heavy (non-hydrogen) atoms. The number of hydrogen-bond donors (Lipinski definition) is 3. The summed E-state index contributed by atoms with van der Waals surface area (Å²) in [7, 11) is 0. The van der Waals surface area contributed by atoms with Gasteiger partial charge >= 0.3 is 12.0 Å². The van der Waals surface area contributed by atoms with E-state index in [9.17, 15) is 9.59 Å². The summed E-state index contributed by atoms with van der Waals surface area (Å²) in [6.07, 6.45) is 2.12. The van der Waals surface area contributed by atoms with E-state index in [0.717, 1.165) is 6.42 Å². The van der Waals surface area contributed by atoms with Gasteiger partial charge in [0, 0.05) is 6.04 Å². The first-order chi connectivity index (χ1) is 10.1. The number of urea groups is 1. The molecule has 0 radical (unpaired) electrons. The highest BCUT2D eigenvalue weighted by Crippen LogP contribution is 2.27. The molecule has 0 aliphatic heterocycles. The standard InChI is InChI=1S/C15H20N2O4/c1-2-21-13-9-4-3-7-12(13)17-15(20)16-11-8-5-6-10(11)14(18)19/h3-4,7,9-11H,2,5-6,8H2,1H3,(H,18,19)(H2,16,17,20). The molecule has 1 aliphatic rings. The van der Waals surface area contributed by atoms with Gasteiger partial charge in [0.05, 0.1) is 18.2 Å². The van der Waals surface area contributed by atoms with Gasteiger partial charge in [-0.05, 0) is 31.9 Å². The molecule has 0 bridgehead atoms. The van der Waals surface area contributed by atoms with Crippen molar-refractivity contribution in [3.63, 3.8) is 0 Å². The van der Waals surface area contributed by atoms with E-state index in [1.807, 2.05) is 13.0 Å². The molecule has 1 saturated carbocycles. The third kappa shape index (κ3) is 3.87. The van der Waals surface area contributed by atoms with Crippen molar-refractivity contribution >= 4 is 17.7 Å². The van der Waals surface area contributed by atoms with Crippen molar-refractivity contribution in [1.29, 1.82) is 0 Å². The third-order valence-electron chi connectivity index (χ3n) is 3.58. The predicted octanol–water partition coefficient (Wildman–Crippen LogP) is 2.46. The number of ether oxygens (including phenoxy) is 1. The van der Waals surface area contributed by atoms with Crippen molar-refractivity contribution in [2.45, 2.75) is 32.2 Å². The predicted molar refractivity (Wildman–Crippen MR) is 78.5 cm³/mol. The van der Waals surface area contributed by atoms with Crippen molar-refractivity contribution in [2.75, 3.05) is 11.9 Å². The minimum Gasteiger partial charge on any atom is -0.492 e. The number of rotatable bonds is 5. The first-order valence-corrected chi connectivity index (χ1v) is 7.14. The number of anilines is 1. The number of carboxylic acid groups (broad SMARTS) is 1. The van der Waals surface area contributed by atoms with Gasteiger partial charge in [0.15, 0.2) is 0 Å². The SMILES string of the molecule is CCOc1ccccc1NC(=O)NC1CCCC1C(=O)O. The highest BCUT2D eigenvalue weighted by atomic mass is 16.5. The van der Waals surface area contributed by atoms with Crippen LogP contribution in [0.5, 0.6) is 5.75 Å². The van der Waals surface area contributed by atoms with Gasteiger partial charge in [0.1, 0.15) is 5.75 Å². The Labute approximate surface area is 123 Å². The molecule has 2 atom stereocenters. The van der Waals surface area contributed by atoms with E-state index in [-0.39, 0.29) is 6.04 Å². The summed E-state index contributed by atoms with van der Waals surface area (Å²) >= 11 is 0. The summed E-state index contributed by atoms with van der Waals surface area (Å²) in [6, 6.07) is 6.42. The highest BCUT2D eigenvalue weighted by Gasteiger charge is 2.33. The first-order valence-electron chi connectivity index (χ1n) is 7.14. The minimum absolute atomic E-state index is 0.318. The second-order valence-corrected chi connectivity index (χ2v) is 5.01. The van der Waals surface area contributed by atoms with E-state index in [4.69, 9.17) is 9.84 Å². The molecule has 1 fully saturated rings. The maximum Gasteiger partial charge on any atom is 0.319 e. The fraction of sp³-hybridized carbons (Fsp3) is 0.467. The van der Waals surface area contributed by atoms with Gasteiger partial charge in [-0.3, -0.25) is 4.79 Å². The zero-order chi connectivity index (χ0) is 15.2. The van der Waals surface area contributed by atoms with Gasteiger partial charge in [0.2, 0.25) is 0 Å². The molecule has 6 nitrogen and oxygen atoms in total. The zero-order valence-corrected chi connectivity index (χ0v) is 12.0. The van der Waals surface area contributed by atoms with Crippen LogP contribution in [-0.4, -0.2) is 29.8 Å². The average Bonchev–Trinajstić information content (AvgIpc) is 2.89. The number of carbonyl (C=O) groups excluding carboxylic acids is 1. The van der Waals surface area contributed by atoms with Crippen molar-refractivity contribution < 1.29 is 19.4 Å². The fourth-order valence-electron chi connectivity index (χ4n) is 2.61. The van der Waals surface area contributed by atoms with Crippen molar-refractivity contribution in [1.82, 2.24) is 5.32 Å². The van der Waals surface area contributed by atoms with Crippen LogP contribution >= 0.6 is 0 Å². The van der Waals surface area contributed by atoms with E-state index in [0.29, 0.717) is 30.9 Å². The maximum atomic E-state index is 12.0. The highest BCUT2D eigenvalue weighted by molar-refractivity contribution is 5.91. The Balaban J connectivity index is 1.97. The van der Waals surface area contributed by atoms with Crippen molar-refractivity contribution in [3.8, 4) is 5.75 Å². The maximum absolute atomic E-state index is 12.0. The number of hydrogen-bond acceptors (Lipinski definition) is 3. The third-order valence-corrected chi connectivity index (χ3v) is 3.58. The molecule has 2 unspecified atom stereocenters. The Hall–Kier alpha value is -2.24. The van der Waals surface area contributed by atoms with Crippen LogP contribution in [0.1, 0.15) is 26.2 Å². The molecule has 2 amide bonds. The van der Waals surface area contributed by atoms with Crippen LogP contribution in [0.2, 0.25) is 0 Å². The molecule has 0 heterocycles. The molecular formula is C15H20N2O4. The van der Waals surface area contributed by atoms with Gasteiger partial charge in [-0.15, -0.1) is 0 Å². The number of amides is 2. The van der Waals surface area contributed by atoms with E-state index in [1.165, 1.54) is 0 Å². The molecular weight excluding hydrogens is 272 g/mol. The van der Waals surface area contributed by atoms with Crippen LogP contribution in [0.15, 0.2) is 24.3 Å². The lowest BCUT2D eigenvalue weighted by atomic mass is 10.0. The van der Waals surface area contributed by atoms with E-state index < -0.39 is 17.9 Å². The lowest BCUT2D eigenvalue weighted by molar-refractivity contribution is -0.142. The van der Waals surface area contributed by atoms with Gasteiger partial charge in [-0.2, -0.15) is 0 Å². The second kappa shape index (κ2) is 6.97. The summed E-state index contributed by atoms with van der Waals surface area (Å²) in [5, 5.41) is 14.6. The van der Waals surface area contributed by atoms with Gasteiger partial charge in [-0.25, -0.2) is 4.79 Å². The normalized spacial score (nSPS) is 20.8. The molecule has 0 saturated heterocycles. The van der Waals surface area contributed by atoms with E-state index >= 15 is 0 Å². The van der Waals surface area contributed by atoms with Crippen LogP contribution in [0.4, 0.5) is 10.5 Å². The Morgan fingerprint density at radius 1 is 1.33 bits per heavy atom. The fourth-order valence-corrected chi connectivity index (χ4v) is 2.61. The number of para-hydroxylation sites is 2. The number of carbonyl (C=O) groups is 2. The van der Waals surface area contributed by atoms with Gasteiger partial charge in [0.25, 0.3) is 0 Å². The molecule has 1 aromatic rings. The Bertz CT molecular complexity index is 518. The molecule has 0 aromatic heterocycles. The molecule has 3 N–H and O–H groups in total. The first kappa shape index (κ1) is 15.2. The van der Waals surface area contributed by atoms with Crippen LogP contribution in [-0.2, 0) is 4.79 Å². The summed E-state index contributed by atoms with van der Waals surface area (Å²) in [5.74, 6) is -0.762. The van der Waals surface area contributed by atoms with Gasteiger partial charge < -0.3 is 20.5 Å². The number of aliphatic carboxylic acids is 1. The monoisotopic (exact) mass is 292 g/mol. The summed E-state index contributed by atoms with van der Waals surface area (Å²) in [4.78, 5) is 23.1. The Morgan fingerprint density at radius 2 is 2.10 bits per heavy atom. The Kier molecular flexibility index (Phi) is 5.03. The van der Waals surface area contributed by atoms with E-state index in [2.05, 4.69) is 10.6 Å². The average molecular weight is 292 g/mol. The van der Waals surface area contributed by atoms with Gasteiger partial charge in [-0.1, -0.05) is 18.6 Å². The molecule has 0 spiro atoms. The van der Waals surface area contributed by atoms with E-state index in [1.54, 1.807) is 18.2 Å². The largest absolute Gasteiger partial charge is 0.492 e. The molecule has 1 aliphatic carbocycles. The van der Waals surface area contributed by atoms with Crippen LogP contribution in [0, 0.1) is 5.92 Å². The topological polar surface area (TPSA) is 87.7 Å². The molecule has 6 heteroatoms. The smallest absolute Gasteiger partial charge is 0.319 e. The number of nitrogens with one attached hydrogen (secondary N) is 2. The van der Waals surface area contributed by atoms with Crippen LogP contribution in [0.3, 0.4) is 0 Å². The summed E-state index contributed by atoms with van der Waals surface area (Å²) in [5.41, 5.74) is 0.571. The summed E-state index contributed by atoms with van der Waals surface area (Å²) < 4.78 is 5.43. The molecule has 114 valence electrons. The van der Waals surface area contributed by atoms with Crippen molar-refractivity contribution in [3.05, 3.63) is 24.3 Å². The van der Waals surface area contributed by atoms with Crippen LogP contribution in [0.25, 0.3) is 0 Å². The number of benzene rings is 1. The molecule has 2 rings (SSSR count). The lowest BCUT2D eigenvalue weighted by Gasteiger charge is -2.18.